The second-order valence-electron chi connectivity index (χ2n) is 13.8. The Balaban J connectivity index is 1.17. The molecule has 0 saturated carbocycles. The highest BCUT2D eigenvalue weighted by molar-refractivity contribution is 7.25. The summed E-state index contributed by atoms with van der Waals surface area (Å²) < 4.78 is 2.59. The van der Waals surface area contributed by atoms with Crippen LogP contribution in [-0.4, -0.2) is 9.97 Å². The largest absolute Gasteiger partial charge is 0.228 e. The normalized spacial score (nSPS) is 11.3. The first-order valence-electron chi connectivity index (χ1n) is 18.6. The molecule has 0 saturated heterocycles. The van der Waals surface area contributed by atoms with Crippen LogP contribution in [0.4, 0.5) is 0 Å². The molecule has 2 aromatic heterocycles. The quantitative estimate of drug-likeness (QED) is 0.164. The molecule has 0 radical (unpaired) electrons. The van der Waals surface area contributed by atoms with E-state index in [1.54, 1.807) is 0 Å². The van der Waals surface area contributed by atoms with Gasteiger partial charge in [-0.3, -0.25) is 0 Å². The molecule has 3 heteroatoms. The summed E-state index contributed by atoms with van der Waals surface area (Å²) in [7, 11) is 0. The molecule has 0 unspecified atom stereocenters. The lowest BCUT2D eigenvalue weighted by atomic mass is 9.92. The van der Waals surface area contributed by atoms with E-state index in [-0.39, 0.29) is 0 Å². The second kappa shape index (κ2) is 14.1. The molecule has 8 aromatic carbocycles. The molecule has 2 heterocycles. The van der Waals surface area contributed by atoms with Gasteiger partial charge in [-0.15, -0.1) is 11.3 Å². The highest BCUT2D eigenvalue weighted by Gasteiger charge is 2.15. The first-order valence-corrected chi connectivity index (χ1v) is 19.4. The van der Waals surface area contributed by atoms with Gasteiger partial charge in [-0.2, -0.15) is 0 Å². The maximum absolute atomic E-state index is 5.34. The number of thiophene rings is 1. The van der Waals surface area contributed by atoms with E-state index in [0.29, 0.717) is 5.82 Å². The van der Waals surface area contributed by atoms with E-state index in [0.717, 1.165) is 55.9 Å². The zero-order valence-corrected chi connectivity index (χ0v) is 30.7. The number of hydrogen-bond donors (Lipinski definition) is 0. The molecular formula is C52H34N2S. The van der Waals surface area contributed by atoms with Gasteiger partial charge in [0, 0.05) is 36.9 Å². The van der Waals surface area contributed by atoms with Crippen molar-refractivity contribution in [3.63, 3.8) is 0 Å². The fourth-order valence-electron chi connectivity index (χ4n) is 7.47. The van der Waals surface area contributed by atoms with Crippen molar-refractivity contribution in [1.29, 1.82) is 0 Å². The third kappa shape index (κ3) is 6.52. The SMILES string of the molecule is c1ccc(-c2cccc(-c3cc(-c4ccc5c(c4)sc4ccccc45)cc(-c4cc(-c5ccccc5)nc(-c5cccc(-c6ccccc6)c5)n4)c3)c2)cc1. The van der Waals surface area contributed by atoms with Gasteiger partial charge in [0.15, 0.2) is 5.82 Å². The van der Waals surface area contributed by atoms with Gasteiger partial charge in [-0.05, 0) is 93.0 Å². The molecule has 0 atom stereocenters. The average molecular weight is 719 g/mol. The molecule has 10 aromatic rings. The Morgan fingerprint density at radius 3 is 1.35 bits per heavy atom. The Bertz CT molecular complexity index is 2970. The van der Waals surface area contributed by atoms with E-state index in [1.807, 2.05) is 23.5 Å². The molecule has 0 N–H and O–H groups in total. The van der Waals surface area contributed by atoms with Crippen LogP contribution in [0.3, 0.4) is 0 Å². The summed E-state index contributed by atoms with van der Waals surface area (Å²) in [6.45, 7) is 0. The van der Waals surface area contributed by atoms with Crippen molar-refractivity contribution in [3.8, 4) is 78.4 Å². The molecule has 0 spiro atoms. The van der Waals surface area contributed by atoms with Crippen LogP contribution in [0.25, 0.3) is 98.6 Å². The second-order valence-corrected chi connectivity index (χ2v) is 14.9. The van der Waals surface area contributed by atoms with Gasteiger partial charge in [0.2, 0.25) is 0 Å². The van der Waals surface area contributed by atoms with Crippen molar-refractivity contribution in [2.75, 3.05) is 0 Å². The highest BCUT2D eigenvalue weighted by Crippen LogP contribution is 2.40. The minimum absolute atomic E-state index is 0.693. The van der Waals surface area contributed by atoms with Gasteiger partial charge in [0.25, 0.3) is 0 Å². The van der Waals surface area contributed by atoms with E-state index in [9.17, 15) is 0 Å². The van der Waals surface area contributed by atoms with Crippen molar-refractivity contribution in [2.45, 2.75) is 0 Å². The Morgan fingerprint density at radius 1 is 0.255 bits per heavy atom. The molecule has 2 nitrogen and oxygen atoms in total. The summed E-state index contributed by atoms with van der Waals surface area (Å²) in [5, 5.41) is 2.60. The summed E-state index contributed by atoms with van der Waals surface area (Å²) in [6, 6.07) is 73.5. The lowest BCUT2D eigenvalue weighted by Gasteiger charge is -2.14. The topological polar surface area (TPSA) is 25.8 Å². The molecule has 55 heavy (non-hydrogen) atoms. The van der Waals surface area contributed by atoms with Crippen LogP contribution < -0.4 is 0 Å². The number of nitrogens with zero attached hydrogens (tertiary/aromatic N) is 2. The Kier molecular flexibility index (Phi) is 8.40. The van der Waals surface area contributed by atoms with Gasteiger partial charge in [-0.25, -0.2) is 9.97 Å². The van der Waals surface area contributed by atoms with Crippen molar-refractivity contribution in [1.82, 2.24) is 9.97 Å². The summed E-state index contributed by atoms with van der Waals surface area (Å²) in [4.78, 5) is 10.5. The average Bonchev–Trinajstić information content (AvgIpc) is 3.65. The molecule has 258 valence electrons. The molecule has 10 rings (SSSR count). The van der Waals surface area contributed by atoms with Crippen molar-refractivity contribution in [3.05, 3.63) is 206 Å². The van der Waals surface area contributed by atoms with Crippen molar-refractivity contribution >= 4 is 31.5 Å². The number of fused-ring (bicyclic) bond motifs is 3. The highest BCUT2D eigenvalue weighted by atomic mass is 32.1. The van der Waals surface area contributed by atoms with Gasteiger partial charge >= 0.3 is 0 Å². The number of aromatic nitrogens is 2. The molecule has 0 aliphatic heterocycles. The summed E-state index contributed by atoms with van der Waals surface area (Å²) in [6.07, 6.45) is 0. The van der Waals surface area contributed by atoms with E-state index >= 15 is 0 Å². The van der Waals surface area contributed by atoms with E-state index in [4.69, 9.17) is 9.97 Å². The lowest BCUT2D eigenvalue weighted by Crippen LogP contribution is -1.97. The predicted octanol–water partition coefficient (Wildman–Crippen LogP) is 14.5. The Hall–Kier alpha value is -6.94. The minimum Gasteiger partial charge on any atom is -0.228 e. The molecule has 0 fully saturated rings. The molecule has 0 aliphatic carbocycles. The van der Waals surface area contributed by atoms with Gasteiger partial charge in [0.05, 0.1) is 11.4 Å². The number of benzene rings is 8. The lowest BCUT2D eigenvalue weighted by molar-refractivity contribution is 1.18. The maximum Gasteiger partial charge on any atom is 0.160 e. The van der Waals surface area contributed by atoms with Crippen LogP contribution in [0.1, 0.15) is 0 Å². The van der Waals surface area contributed by atoms with Gasteiger partial charge in [-0.1, -0.05) is 158 Å². The Morgan fingerprint density at radius 2 is 0.691 bits per heavy atom. The monoisotopic (exact) mass is 718 g/mol. The van der Waals surface area contributed by atoms with Crippen LogP contribution in [0.15, 0.2) is 206 Å². The van der Waals surface area contributed by atoms with Crippen molar-refractivity contribution in [2.24, 2.45) is 0 Å². The molecular weight excluding hydrogens is 685 g/mol. The van der Waals surface area contributed by atoms with Crippen LogP contribution >= 0.6 is 11.3 Å². The van der Waals surface area contributed by atoms with Crippen LogP contribution in [0, 0.1) is 0 Å². The number of rotatable bonds is 7. The fraction of sp³-hybridized carbons (Fsp3) is 0. The first-order chi connectivity index (χ1) is 27.2. The first kappa shape index (κ1) is 32.7. The standard InChI is InChI=1S/C52H34N2S/c1-4-14-35(15-5-1)38-20-12-22-40(28-38)43-30-44(41-26-27-47-46-24-10-11-25-50(46)55-51(47)33-41)32-45(31-43)49-34-48(37-18-8-3-9-19-37)53-52(54-49)42-23-13-21-39(29-42)36-16-6-2-7-17-36/h1-34H. The van der Waals surface area contributed by atoms with Crippen molar-refractivity contribution < 1.29 is 0 Å². The zero-order valence-electron chi connectivity index (χ0n) is 29.9. The van der Waals surface area contributed by atoms with E-state index in [2.05, 4.69) is 194 Å². The van der Waals surface area contributed by atoms with E-state index < -0.39 is 0 Å². The molecule has 0 aliphatic rings. The predicted molar refractivity (Wildman–Crippen MR) is 233 cm³/mol. The van der Waals surface area contributed by atoms with Crippen LogP contribution in [-0.2, 0) is 0 Å². The number of hydrogen-bond acceptors (Lipinski definition) is 3. The third-order valence-electron chi connectivity index (χ3n) is 10.3. The minimum atomic E-state index is 0.693. The zero-order chi connectivity index (χ0) is 36.6. The smallest absolute Gasteiger partial charge is 0.160 e. The summed E-state index contributed by atoms with van der Waals surface area (Å²) in [5.41, 5.74) is 14.1. The van der Waals surface area contributed by atoms with Crippen LogP contribution in [0.2, 0.25) is 0 Å². The molecule has 0 bridgehead atoms. The Labute approximate surface area is 324 Å². The fourth-order valence-corrected chi connectivity index (χ4v) is 8.62. The summed E-state index contributed by atoms with van der Waals surface area (Å²) in [5.74, 6) is 0.693. The van der Waals surface area contributed by atoms with Gasteiger partial charge < -0.3 is 0 Å². The summed E-state index contributed by atoms with van der Waals surface area (Å²) >= 11 is 1.85. The molecule has 0 amide bonds. The van der Waals surface area contributed by atoms with E-state index in [1.165, 1.54) is 36.9 Å². The third-order valence-corrected chi connectivity index (χ3v) is 11.4. The maximum atomic E-state index is 5.34. The van der Waals surface area contributed by atoms with Crippen LogP contribution in [0.5, 0.6) is 0 Å². The van der Waals surface area contributed by atoms with Gasteiger partial charge in [0.1, 0.15) is 0 Å².